The summed E-state index contributed by atoms with van der Waals surface area (Å²) in [5.41, 5.74) is 4.46. The van der Waals surface area contributed by atoms with E-state index in [1.54, 1.807) is 0 Å². The second kappa shape index (κ2) is 8.15. The monoisotopic (exact) mass is 436 g/mol. The van der Waals surface area contributed by atoms with Gasteiger partial charge in [-0.3, -0.25) is 5.32 Å². The van der Waals surface area contributed by atoms with E-state index in [1.807, 2.05) is 45.0 Å². The van der Waals surface area contributed by atoms with Crippen LogP contribution in [0.4, 0.5) is 9.93 Å². The number of aromatic carboxylic acids is 1. The lowest BCUT2D eigenvalue weighted by atomic mass is 9.91. The third kappa shape index (κ3) is 4.46. The lowest BCUT2D eigenvalue weighted by molar-refractivity contribution is 0.0689. The van der Waals surface area contributed by atoms with Crippen LogP contribution in [-0.4, -0.2) is 28.8 Å². The second-order valence-corrected chi connectivity index (χ2v) is 9.87. The summed E-state index contributed by atoms with van der Waals surface area (Å²) in [5, 5.41) is 12.3. The second-order valence-electron chi connectivity index (χ2n) is 8.78. The highest BCUT2D eigenvalue weighted by atomic mass is 32.1. The molecule has 0 saturated heterocycles. The Morgan fingerprint density at radius 1 is 1.06 bits per heavy atom. The van der Waals surface area contributed by atoms with Crippen LogP contribution < -0.4 is 5.32 Å². The van der Waals surface area contributed by atoms with Crippen molar-refractivity contribution in [1.82, 2.24) is 4.98 Å². The third-order valence-electron chi connectivity index (χ3n) is 5.14. The van der Waals surface area contributed by atoms with Gasteiger partial charge in [0.1, 0.15) is 6.61 Å². The summed E-state index contributed by atoms with van der Waals surface area (Å²) >= 11 is 1.17. The van der Waals surface area contributed by atoms with Gasteiger partial charge in [-0.2, -0.15) is 0 Å². The van der Waals surface area contributed by atoms with Crippen LogP contribution in [0.3, 0.4) is 0 Å². The van der Waals surface area contributed by atoms with E-state index in [0.717, 1.165) is 22.3 Å². The fraction of sp³-hybridized carbons (Fsp3) is 0.292. The minimum atomic E-state index is -1.10. The number of nitrogens with one attached hydrogen (secondary N) is 1. The van der Waals surface area contributed by atoms with Crippen molar-refractivity contribution in [3.63, 3.8) is 0 Å². The van der Waals surface area contributed by atoms with E-state index in [9.17, 15) is 14.7 Å². The first-order valence-corrected chi connectivity index (χ1v) is 10.9. The average molecular weight is 437 g/mol. The molecule has 0 unspecified atom stereocenters. The molecule has 0 fully saturated rings. The number of thiazole rings is 1. The Morgan fingerprint density at radius 3 is 2.19 bits per heavy atom. The van der Waals surface area contributed by atoms with Crippen molar-refractivity contribution in [3.8, 4) is 11.1 Å². The number of rotatable bonds is 5. The summed E-state index contributed by atoms with van der Waals surface area (Å²) in [6.07, 6.45) is -0.0894. The van der Waals surface area contributed by atoms with Crippen molar-refractivity contribution in [2.75, 3.05) is 11.9 Å². The minimum Gasteiger partial charge on any atom is -0.476 e. The van der Waals surface area contributed by atoms with Gasteiger partial charge >= 0.3 is 12.1 Å². The highest BCUT2D eigenvalue weighted by Gasteiger charge is 2.29. The molecule has 2 aromatic carbocycles. The maximum atomic E-state index is 12.5. The number of anilines is 1. The first-order chi connectivity index (χ1) is 14.7. The SMILES string of the molecule is CC(C)(C)Cc1sc(NC(=O)OCC2c3ccccc3-c3ccccc32)nc1C(=O)O. The van der Waals surface area contributed by atoms with E-state index >= 15 is 0 Å². The van der Waals surface area contributed by atoms with Crippen LogP contribution >= 0.6 is 11.3 Å². The van der Waals surface area contributed by atoms with Crippen molar-refractivity contribution in [2.24, 2.45) is 5.41 Å². The number of aromatic nitrogens is 1. The number of hydrogen-bond acceptors (Lipinski definition) is 5. The van der Waals surface area contributed by atoms with Crippen LogP contribution in [0, 0.1) is 5.41 Å². The molecule has 6 nitrogen and oxygen atoms in total. The van der Waals surface area contributed by atoms with Crippen molar-refractivity contribution >= 4 is 28.5 Å². The molecular formula is C24H24N2O4S. The Bertz CT molecular complexity index is 1100. The van der Waals surface area contributed by atoms with Gasteiger partial charge in [0.05, 0.1) is 0 Å². The van der Waals surface area contributed by atoms with Gasteiger partial charge in [-0.25, -0.2) is 14.6 Å². The molecule has 0 bridgehead atoms. The Kier molecular flexibility index (Phi) is 5.54. The van der Waals surface area contributed by atoms with E-state index in [1.165, 1.54) is 11.3 Å². The lowest BCUT2D eigenvalue weighted by Crippen LogP contribution is -2.18. The highest BCUT2D eigenvalue weighted by Crippen LogP contribution is 2.44. The predicted molar refractivity (Wildman–Crippen MR) is 121 cm³/mol. The average Bonchev–Trinajstić information content (AvgIpc) is 3.24. The fourth-order valence-corrected chi connectivity index (χ4v) is 5.14. The van der Waals surface area contributed by atoms with Crippen LogP contribution in [-0.2, 0) is 11.2 Å². The lowest BCUT2D eigenvalue weighted by Gasteiger charge is -2.16. The van der Waals surface area contributed by atoms with Gasteiger partial charge in [0.25, 0.3) is 0 Å². The molecule has 0 atom stereocenters. The summed E-state index contributed by atoms with van der Waals surface area (Å²) in [5.74, 6) is -1.14. The molecule has 3 aromatic rings. The number of amides is 1. The molecule has 1 aromatic heterocycles. The molecule has 0 radical (unpaired) electrons. The number of hydrogen-bond donors (Lipinski definition) is 2. The van der Waals surface area contributed by atoms with Crippen molar-refractivity contribution in [2.45, 2.75) is 33.1 Å². The molecule has 1 aliphatic carbocycles. The summed E-state index contributed by atoms with van der Waals surface area (Å²) in [6, 6.07) is 16.2. The Hall–Kier alpha value is -3.19. The molecule has 1 aliphatic rings. The van der Waals surface area contributed by atoms with Crippen molar-refractivity contribution in [3.05, 3.63) is 70.2 Å². The van der Waals surface area contributed by atoms with Crippen molar-refractivity contribution < 1.29 is 19.4 Å². The van der Waals surface area contributed by atoms with Gasteiger partial charge in [-0.05, 0) is 34.1 Å². The summed E-state index contributed by atoms with van der Waals surface area (Å²) in [6.45, 7) is 6.26. The van der Waals surface area contributed by atoms with Crippen LogP contribution in [0.2, 0.25) is 0 Å². The zero-order valence-electron chi connectivity index (χ0n) is 17.6. The molecular weight excluding hydrogens is 412 g/mol. The van der Waals surface area contributed by atoms with Crippen molar-refractivity contribution in [1.29, 1.82) is 0 Å². The van der Waals surface area contributed by atoms with E-state index in [0.29, 0.717) is 11.3 Å². The largest absolute Gasteiger partial charge is 0.476 e. The fourth-order valence-electron chi connectivity index (χ4n) is 3.90. The summed E-state index contributed by atoms with van der Waals surface area (Å²) in [7, 11) is 0. The van der Waals surface area contributed by atoms with Crippen LogP contribution in [0.25, 0.3) is 11.1 Å². The zero-order valence-corrected chi connectivity index (χ0v) is 18.5. The maximum Gasteiger partial charge on any atom is 0.413 e. The first-order valence-electron chi connectivity index (χ1n) is 10.1. The molecule has 1 heterocycles. The molecule has 0 aliphatic heterocycles. The maximum absolute atomic E-state index is 12.5. The smallest absolute Gasteiger partial charge is 0.413 e. The zero-order chi connectivity index (χ0) is 22.2. The molecule has 4 rings (SSSR count). The first kappa shape index (κ1) is 21.1. The number of carboxylic acids is 1. The van der Waals surface area contributed by atoms with E-state index in [-0.39, 0.29) is 28.8 Å². The molecule has 1 amide bonds. The minimum absolute atomic E-state index is 0.0196. The molecule has 7 heteroatoms. The van der Waals surface area contributed by atoms with E-state index < -0.39 is 12.1 Å². The Morgan fingerprint density at radius 2 is 1.65 bits per heavy atom. The number of carbonyl (C=O) groups excluding carboxylic acids is 1. The Labute approximate surface area is 184 Å². The van der Waals surface area contributed by atoms with Gasteiger partial charge < -0.3 is 9.84 Å². The molecule has 160 valence electrons. The van der Waals surface area contributed by atoms with Crippen LogP contribution in [0.1, 0.15) is 53.2 Å². The molecule has 2 N–H and O–H groups in total. The number of nitrogens with zero attached hydrogens (tertiary/aromatic N) is 1. The Balaban J connectivity index is 1.47. The highest BCUT2D eigenvalue weighted by molar-refractivity contribution is 7.16. The van der Waals surface area contributed by atoms with Gasteiger partial charge in [-0.1, -0.05) is 69.3 Å². The van der Waals surface area contributed by atoms with E-state index in [2.05, 4.69) is 34.6 Å². The standard InChI is InChI=1S/C24H24N2O4S/c1-24(2,3)12-19-20(21(27)28)25-22(31-19)26-23(29)30-13-18-16-10-6-4-8-14(16)15-9-5-7-11-17(15)18/h4-11,18H,12-13H2,1-3H3,(H,27,28)(H,25,26,29). The number of carbonyl (C=O) groups is 2. The van der Waals surface area contributed by atoms with E-state index in [4.69, 9.17) is 4.74 Å². The van der Waals surface area contributed by atoms with Gasteiger partial charge in [-0.15, -0.1) is 11.3 Å². The normalized spacial score (nSPS) is 12.9. The molecule has 0 spiro atoms. The number of carboxylic acid groups (broad SMARTS) is 1. The molecule has 0 saturated carbocycles. The number of ether oxygens (including phenoxy) is 1. The van der Waals surface area contributed by atoms with Gasteiger partial charge in [0, 0.05) is 10.8 Å². The molecule has 31 heavy (non-hydrogen) atoms. The third-order valence-corrected chi connectivity index (χ3v) is 6.11. The summed E-state index contributed by atoms with van der Waals surface area (Å²) < 4.78 is 5.52. The van der Waals surface area contributed by atoms with Gasteiger partial charge in [0.15, 0.2) is 10.8 Å². The number of benzene rings is 2. The van der Waals surface area contributed by atoms with Gasteiger partial charge in [0.2, 0.25) is 0 Å². The van der Waals surface area contributed by atoms with Crippen LogP contribution in [0.5, 0.6) is 0 Å². The summed E-state index contributed by atoms with van der Waals surface area (Å²) in [4.78, 5) is 28.7. The predicted octanol–water partition coefficient (Wildman–Crippen LogP) is 5.79. The topological polar surface area (TPSA) is 88.5 Å². The van der Waals surface area contributed by atoms with Crippen LogP contribution in [0.15, 0.2) is 48.5 Å². The quantitative estimate of drug-likeness (QED) is 0.528. The number of fused-ring (bicyclic) bond motifs is 3.